The van der Waals surface area contributed by atoms with E-state index in [9.17, 15) is 4.79 Å². The van der Waals surface area contributed by atoms with Crippen molar-refractivity contribution in [1.82, 2.24) is 10.6 Å². The molecule has 3 nitrogen and oxygen atoms in total. The number of urea groups is 1. The number of amides is 2. The van der Waals surface area contributed by atoms with Crippen molar-refractivity contribution in [2.75, 3.05) is 6.54 Å². The average molecular weight is 306 g/mol. The van der Waals surface area contributed by atoms with E-state index in [-0.39, 0.29) is 11.6 Å². The maximum Gasteiger partial charge on any atom is 0.315 e. The summed E-state index contributed by atoms with van der Waals surface area (Å²) >= 11 is 0. The van der Waals surface area contributed by atoms with Crippen LogP contribution in [-0.2, 0) is 0 Å². The van der Waals surface area contributed by atoms with E-state index in [1.165, 1.54) is 57.8 Å². The molecule has 2 N–H and O–H groups in total. The lowest BCUT2D eigenvalue weighted by Crippen LogP contribution is -2.61. The first-order valence-electron chi connectivity index (χ1n) is 9.68. The van der Waals surface area contributed by atoms with Crippen LogP contribution >= 0.6 is 0 Å². The second-order valence-electron chi connectivity index (χ2n) is 8.45. The van der Waals surface area contributed by atoms with Gasteiger partial charge in [-0.15, -0.1) is 0 Å². The van der Waals surface area contributed by atoms with E-state index >= 15 is 0 Å². The average Bonchev–Trinajstić information content (AvgIpc) is 2.45. The van der Waals surface area contributed by atoms with Crippen molar-refractivity contribution in [3.63, 3.8) is 0 Å². The van der Waals surface area contributed by atoms with Gasteiger partial charge in [-0.3, -0.25) is 0 Å². The first kappa shape index (κ1) is 16.1. The van der Waals surface area contributed by atoms with E-state index < -0.39 is 0 Å². The van der Waals surface area contributed by atoms with Crippen molar-refractivity contribution in [1.29, 1.82) is 0 Å². The van der Waals surface area contributed by atoms with Gasteiger partial charge in [0.2, 0.25) is 0 Å². The van der Waals surface area contributed by atoms with Crippen LogP contribution in [0.3, 0.4) is 0 Å². The van der Waals surface area contributed by atoms with E-state index in [1.807, 2.05) is 0 Å². The summed E-state index contributed by atoms with van der Waals surface area (Å²) in [6.07, 6.45) is 12.9. The van der Waals surface area contributed by atoms with Gasteiger partial charge in [0, 0.05) is 12.1 Å². The molecule has 4 saturated carbocycles. The minimum Gasteiger partial charge on any atom is -0.338 e. The van der Waals surface area contributed by atoms with Gasteiger partial charge in [0.15, 0.2) is 0 Å². The molecule has 0 radical (unpaired) electrons. The SMILES string of the molecule is CCCCC(CC)CNC(=O)NC12CC3CC(CC(C3)C1)C2. The van der Waals surface area contributed by atoms with E-state index in [0.717, 1.165) is 30.7 Å². The zero-order chi connectivity index (χ0) is 15.6. The van der Waals surface area contributed by atoms with Crippen LogP contribution in [0, 0.1) is 23.7 Å². The first-order chi connectivity index (χ1) is 10.6. The van der Waals surface area contributed by atoms with Crippen LogP contribution in [-0.4, -0.2) is 18.1 Å². The Hall–Kier alpha value is -0.730. The van der Waals surface area contributed by atoms with Gasteiger partial charge in [-0.05, 0) is 68.6 Å². The Labute approximate surface area is 136 Å². The van der Waals surface area contributed by atoms with Crippen LogP contribution < -0.4 is 10.6 Å². The van der Waals surface area contributed by atoms with Crippen molar-refractivity contribution in [2.45, 2.75) is 83.6 Å². The molecule has 4 fully saturated rings. The van der Waals surface area contributed by atoms with Crippen molar-refractivity contribution < 1.29 is 4.79 Å². The van der Waals surface area contributed by atoms with Crippen molar-refractivity contribution in [3.8, 4) is 0 Å². The third-order valence-corrected chi connectivity index (χ3v) is 6.51. The fourth-order valence-corrected chi connectivity index (χ4v) is 5.73. The summed E-state index contributed by atoms with van der Waals surface area (Å²) in [6, 6.07) is 0.0944. The number of carbonyl (C=O) groups excluding carboxylic acids is 1. The number of rotatable bonds is 7. The fraction of sp³-hybridized carbons (Fsp3) is 0.947. The summed E-state index contributed by atoms with van der Waals surface area (Å²) < 4.78 is 0. The van der Waals surface area contributed by atoms with Gasteiger partial charge in [0.05, 0.1) is 0 Å². The summed E-state index contributed by atoms with van der Waals surface area (Å²) in [6.45, 7) is 5.31. The molecule has 0 saturated heterocycles. The van der Waals surface area contributed by atoms with E-state index in [2.05, 4.69) is 24.5 Å². The highest BCUT2D eigenvalue weighted by Gasteiger charge is 2.51. The molecule has 4 aliphatic carbocycles. The van der Waals surface area contributed by atoms with Gasteiger partial charge in [-0.2, -0.15) is 0 Å². The Balaban J connectivity index is 1.47. The summed E-state index contributed by atoms with van der Waals surface area (Å²) in [7, 11) is 0. The smallest absolute Gasteiger partial charge is 0.315 e. The highest BCUT2D eigenvalue weighted by atomic mass is 16.2. The highest BCUT2D eigenvalue weighted by Crippen LogP contribution is 2.55. The molecular formula is C19H34N2O. The largest absolute Gasteiger partial charge is 0.338 e. The molecule has 3 heteroatoms. The van der Waals surface area contributed by atoms with E-state index in [0.29, 0.717) is 5.92 Å². The van der Waals surface area contributed by atoms with Gasteiger partial charge in [0.25, 0.3) is 0 Å². The van der Waals surface area contributed by atoms with Gasteiger partial charge >= 0.3 is 6.03 Å². The van der Waals surface area contributed by atoms with Crippen molar-refractivity contribution in [2.24, 2.45) is 23.7 Å². The van der Waals surface area contributed by atoms with Gasteiger partial charge in [-0.25, -0.2) is 4.79 Å². The molecule has 0 aliphatic heterocycles. The maximum atomic E-state index is 12.4. The normalized spacial score (nSPS) is 37.1. The molecule has 1 atom stereocenters. The lowest BCUT2D eigenvalue weighted by atomic mass is 9.53. The molecule has 0 aromatic carbocycles. The van der Waals surface area contributed by atoms with Crippen LogP contribution in [0.5, 0.6) is 0 Å². The molecule has 0 aromatic rings. The summed E-state index contributed by atoms with van der Waals surface area (Å²) in [5, 5.41) is 6.58. The lowest BCUT2D eigenvalue weighted by Gasteiger charge is -2.56. The molecule has 0 spiro atoms. The number of hydrogen-bond donors (Lipinski definition) is 2. The number of unbranched alkanes of at least 4 members (excludes halogenated alkanes) is 1. The highest BCUT2D eigenvalue weighted by molar-refractivity contribution is 5.74. The Kier molecular flexibility index (Phi) is 4.99. The molecule has 0 heterocycles. The minimum atomic E-state index is 0.0944. The van der Waals surface area contributed by atoms with E-state index in [1.54, 1.807) is 0 Å². The second kappa shape index (κ2) is 6.80. The van der Waals surface area contributed by atoms with Crippen molar-refractivity contribution in [3.05, 3.63) is 0 Å². The minimum absolute atomic E-state index is 0.0944. The molecule has 1 unspecified atom stereocenters. The van der Waals surface area contributed by atoms with Crippen molar-refractivity contribution >= 4 is 6.03 Å². The van der Waals surface area contributed by atoms with Crippen LogP contribution in [0.15, 0.2) is 0 Å². The summed E-state index contributed by atoms with van der Waals surface area (Å²) in [5.41, 5.74) is 0.143. The molecule has 126 valence electrons. The van der Waals surface area contributed by atoms with Crippen LogP contribution in [0.25, 0.3) is 0 Å². The molecule has 4 aliphatic rings. The molecule has 4 bridgehead atoms. The zero-order valence-electron chi connectivity index (χ0n) is 14.5. The van der Waals surface area contributed by atoms with Crippen LogP contribution in [0.1, 0.15) is 78.1 Å². The number of carbonyl (C=O) groups is 1. The predicted molar refractivity (Wildman–Crippen MR) is 90.7 cm³/mol. The summed E-state index contributed by atoms with van der Waals surface area (Å²) in [4.78, 5) is 12.4. The molecular weight excluding hydrogens is 272 g/mol. The zero-order valence-corrected chi connectivity index (χ0v) is 14.5. The van der Waals surface area contributed by atoms with Gasteiger partial charge < -0.3 is 10.6 Å². The topological polar surface area (TPSA) is 41.1 Å². The lowest BCUT2D eigenvalue weighted by molar-refractivity contribution is -0.0135. The number of nitrogens with one attached hydrogen (secondary N) is 2. The van der Waals surface area contributed by atoms with Crippen LogP contribution in [0.4, 0.5) is 4.79 Å². The fourth-order valence-electron chi connectivity index (χ4n) is 5.73. The molecule has 4 rings (SSSR count). The Morgan fingerprint density at radius 1 is 1.09 bits per heavy atom. The maximum absolute atomic E-state index is 12.4. The molecule has 0 aromatic heterocycles. The molecule has 22 heavy (non-hydrogen) atoms. The number of hydrogen-bond acceptors (Lipinski definition) is 1. The third kappa shape index (κ3) is 3.60. The standard InChI is InChI=1S/C19H34N2O/c1-3-5-6-14(4-2)13-20-18(22)21-19-10-15-7-16(11-19)9-17(8-15)12-19/h14-17H,3-13H2,1-2H3,(H2,20,21,22). The quantitative estimate of drug-likeness (QED) is 0.716. The first-order valence-corrected chi connectivity index (χ1v) is 9.68. The monoisotopic (exact) mass is 306 g/mol. The third-order valence-electron chi connectivity index (χ3n) is 6.51. The second-order valence-corrected chi connectivity index (χ2v) is 8.45. The van der Waals surface area contributed by atoms with E-state index in [4.69, 9.17) is 0 Å². The molecule has 2 amide bonds. The Bertz CT molecular complexity index is 358. The van der Waals surface area contributed by atoms with Gasteiger partial charge in [0.1, 0.15) is 0 Å². The van der Waals surface area contributed by atoms with Crippen LogP contribution in [0.2, 0.25) is 0 Å². The summed E-state index contributed by atoms with van der Waals surface area (Å²) in [5.74, 6) is 3.31. The Morgan fingerprint density at radius 3 is 2.18 bits per heavy atom. The predicted octanol–water partition coefficient (Wildman–Crippen LogP) is 4.47. The Morgan fingerprint density at radius 2 is 1.68 bits per heavy atom. The van der Waals surface area contributed by atoms with Gasteiger partial charge in [-0.1, -0.05) is 33.1 Å².